The van der Waals surface area contributed by atoms with Gasteiger partial charge in [0.15, 0.2) is 0 Å². The van der Waals surface area contributed by atoms with Gasteiger partial charge in [-0.05, 0) is 66.8 Å². The topological polar surface area (TPSA) is 133 Å². The minimum Gasteiger partial charge on any atom is -0.481 e. The van der Waals surface area contributed by atoms with Gasteiger partial charge in [0.2, 0.25) is 11.8 Å². The lowest BCUT2D eigenvalue weighted by atomic mass is 9.55. The number of benzene rings is 2. The van der Waals surface area contributed by atoms with Gasteiger partial charge in [0.1, 0.15) is 0 Å². The molecule has 216 valence electrons. The van der Waals surface area contributed by atoms with Crippen molar-refractivity contribution in [3.05, 3.63) is 54.1 Å². The maximum absolute atomic E-state index is 13.3. The van der Waals surface area contributed by atoms with Crippen molar-refractivity contribution in [2.75, 3.05) is 5.32 Å². The van der Waals surface area contributed by atoms with Gasteiger partial charge in [0, 0.05) is 11.2 Å². The normalized spacial score (nSPS) is 20.8. The van der Waals surface area contributed by atoms with E-state index in [0.717, 1.165) is 24.0 Å². The minimum atomic E-state index is -1.50. The summed E-state index contributed by atoms with van der Waals surface area (Å²) in [6, 6.07) is 15.6. The summed E-state index contributed by atoms with van der Waals surface area (Å²) in [6.07, 6.45) is 3.30. The summed E-state index contributed by atoms with van der Waals surface area (Å²) >= 11 is 0. The molecule has 1 aliphatic rings. The number of carbonyl (C=O) groups is 4. The number of hydrogen-bond donors (Lipinski definition) is 4. The third kappa shape index (κ3) is 6.06. The number of anilines is 1. The molecule has 0 saturated heterocycles. The van der Waals surface area contributed by atoms with Crippen molar-refractivity contribution in [1.82, 2.24) is 5.32 Å². The molecule has 1 aliphatic carbocycles. The number of carboxylic acid groups (broad SMARTS) is 2. The zero-order valence-electron chi connectivity index (χ0n) is 24.3. The molecule has 0 aromatic heterocycles. The van der Waals surface area contributed by atoms with Crippen molar-refractivity contribution in [1.29, 1.82) is 0 Å². The predicted molar refractivity (Wildman–Crippen MR) is 155 cm³/mol. The molecule has 2 amide bonds. The monoisotopic (exact) mass is 550 g/mol. The summed E-state index contributed by atoms with van der Waals surface area (Å²) in [7, 11) is 0. The number of hydrogen-bond acceptors (Lipinski definition) is 4. The first kappa shape index (κ1) is 30.9. The average molecular weight is 551 g/mol. The second-order valence-electron chi connectivity index (χ2n) is 11.4. The second kappa shape index (κ2) is 12.2. The molecular weight excluding hydrogens is 508 g/mol. The molecule has 0 spiro atoms. The van der Waals surface area contributed by atoms with E-state index in [1.807, 2.05) is 32.9 Å². The van der Waals surface area contributed by atoms with Crippen molar-refractivity contribution < 1.29 is 29.4 Å². The van der Waals surface area contributed by atoms with Gasteiger partial charge >= 0.3 is 11.9 Å². The molecule has 8 heteroatoms. The number of rotatable bonds is 12. The standard InChI is InChI=1S/C32H42N2O6/c1-7-31(5,8-2)21-15-11-19(12-16-21)20-13-17-22(18-14-20)33-27(35)23-24(26(30(39)40)25(23)29(37)38)28(36)34-32(6,9-3)10-4/h11-18,23-26H,7-10H2,1-6H3,(H,33,35)(H,34,36)(H,37,38)(H,39,40). The van der Waals surface area contributed by atoms with Crippen LogP contribution < -0.4 is 10.6 Å². The highest BCUT2D eigenvalue weighted by atomic mass is 16.4. The molecule has 8 nitrogen and oxygen atoms in total. The number of aliphatic carboxylic acids is 2. The molecule has 0 bridgehead atoms. The van der Waals surface area contributed by atoms with Gasteiger partial charge in [0.05, 0.1) is 23.7 Å². The minimum absolute atomic E-state index is 0.127. The first-order valence-electron chi connectivity index (χ1n) is 14.1. The Morgan fingerprint density at radius 1 is 0.650 bits per heavy atom. The largest absolute Gasteiger partial charge is 0.481 e. The summed E-state index contributed by atoms with van der Waals surface area (Å²) in [5.41, 5.74) is 3.24. The molecule has 3 rings (SSSR count). The van der Waals surface area contributed by atoms with E-state index in [4.69, 9.17) is 0 Å². The Balaban J connectivity index is 1.80. The maximum atomic E-state index is 13.3. The summed E-state index contributed by atoms with van der Waals surface area (Å²) in [4.78, 5) is 50.4. The first-order chi connectivity index (χ1) is 18.8. The van der Waals surface area contributed by atoms with Crippen molar-refractivity contribution in [2.24, 2.45) is 23.7 Å². The molecule has 1 saturated carbocycles. The number of carboxylic acids is 2. The van der Waals surface area contributed by atoms with Crippen LogP contribution in [0.4, 0.5) is 5.69 Å². The molecule has 4 atom stereocenters. The highest BCUT2D eigenvalue weighted by Crippen LogP contribution is 2.48. The van der Waals surface area contributed by atoms with Crippen LogP contribution in [0.2, 0.25) is 0 Å². The molecule has 0 heterocycles. The molecule has 4 N–H and O–H groups in total. The van der Waals surface area contributed by atoms with Gasteiger partial charge in [-0.3, -0.25) is 19.2 Å². The smallest absolute Gasteiger partial charge is 0.308 e. The van der Waals surface area contributed by atoms with Gasteiger partial charge in [-0.15, -0.1) is 0 Å². The molecule has 4 unspecified atom stereocenters. The highest BCUT2D eigenvalue weighted by molar-refractivity contribution is 6.04. The fourth-order valence-corrected chi connectivity index (χ4v) is 5.52. The van der Waals surface area contributed by atoms with Crippen molar-refractivity contribution in [2.45, 2.75) is 78.2 Å². The quantitative estimate of drug-likeness (QED) is 0.267. The van der Waals surface area contributed by atoms with E-state index >= 15 is 0 Å². The molecule has 0 radical (unpaired) electrons. The number of amides is 2. The van der Waals surface area contributed by atoms with Crippen molar-refractivity contribution in [3.8, 4) is 11.1 Å². The van der Waals surface area contributed by atoms with E-state index in [-0.39, 0.29) is 5.41 Å². The third-order valence-electron chi connectivity index (χ3n) is 9.34. The van der Waals surface area contributed by atoms with Crippen LogP contribution in [-0.4, -0.2) is 39.5 Å². The SMILES string of the molecule is CCC(C)(CC)NC(=O)C1C(C(=O)O)C(C(=O)O)C1C(=O)Nc1ccc(-c2ccc(C(C)(CC)CC)cc2)cc1. The van der Waals surface area contributed by atoms with Crippen LogP contribution in [0.25, 0.3) is 11.1 Å². The zero-order chi connectivity index (χ0) is 29.8. The maximum Gasteiger partial charge on any atom is 0.308 e. The zero-order valence-corrected chi connectivity index (χ0v) is 24.3. The van der Waals surface area contributed by atoms with Crippen LogP contribution in [0.1, 0.15) is 72.8 Å². The van der Waals surface area contributed by atoms with Crippen LogP contribution in [0.5, 0.6) is 0 Å². The predicted octanol–water partition coefficient (Wildman–Crippen LogP) is 5.71. The summed E-state index contributed by atoms with van der Waals surface area (Å²) < 4.78 is 0. The van der Waals surface area contributed by atoms with Gasteiger partial charge < -0.3 is 20.8 Å². The highest BCUT2D eigenvalue weighted by Gasteiger charge is 2.64. The van der Waals surface area contributed by atoms with E-state index in [2.05, 4.69) is 55.7 Å². The summed E-state index contributed by atoms with van der Waals surface area (Å²) in [5.74, 6) is -9.70. The van der Waals surface area contributed by atoms with E-state index in [1.54, 1.807) is 12.1 Å². The molecule has 2 aromatic carbocycles. The van der Waals surface area contributed by atoms with Crippen molar-refractivity contribution in [3.63, 3.8) is 0 Å². The van der Waals surface area contributed by atoms with Gasteiger partial charge in [-0.25, -0.2) is 0 Å². The second-order valence-corrected chi connectivity index (χ2v) is 11.4. The van der Waals surface area contributed by atoms with E-state index < -0.39 is 53.0 Å². The molecule has 2 aromatic rings. The van der Waals surface area contributed by atoms with Crippen molar-refractivity contribution >= 4 is 29.4 Å². The Hall–Kier alpha value is -3.68. The Morgan fingerprint density at radius 2 is 1.07 bits per heavy atom. The van der Waals surface area contributed by atoms with Gasteiger partial charge in [0.25, 0.3) is 0 Å². The molecule has 0 aliphatic heterocycles. The van der Waals surface area contributed by atoms with Crippen LogP contribution >= 0.6 is 0 Å². The summed E-state index contributed by atoms with van der Waals surface area (Å²) in [6.45, 7) is 12.3. The van der Waals surface area contributed by atoms with E-state index in [0.29, 0.717) is 18.5 Å². The Labute approximate surface area is 236 Å². The fraction of sp³-hybridized carbons (Fsp3) is 0.500. The van der Waals surface area contributed by atoms with Crippen LogP contribution in [0, 0.1) is 23.7 Å². The molecule has 1 fully saturated rings. The fourth-order valence-electron chi connectivity index (χ4n) is 5.52. The van der Waals surface area contributed by atoms with Gasteiger partial charge in [-0.1, -0.05) is 71.0 Å². The van der Waals surface area contributed by atoms with Crippen LogP contribution in [0.3, 0.4) is 0 Å². The lowest BCUT2D eigenvalue weighted by Gasteiger charge is -2.46. The Kier molecular flexibility index (Phi) is 9.44. The van der Waals surface area contributed by atoms with E-state index in [1.165, 1.54) is 5.56 Å². The third-order valence-corrected chi connectivity index (χ3v) is 9.34. The number of nitrogens with one attached hydrogen (secondary N) is 2. The average Bonchev–Trinajstić information content (AvgIpc) is 2.92. The lowest BCUT2D eigenvalue weighted by Crippen LogP contribution is -2.64. The van der Waals surface area contributed by atoms with Crippen LogP contribution in [0.15, 0.2) is 48.5 Å². The molecular formula is C32H42N2O6. The summed E-state index contributed by atoms with van der Waals surface area (Å²) in [5, 5.41) is 25.0. The first-order valence-corrected chi connectivity index (χ1v) is 14.1. The number of carbonyl (C=O) groups excluding carboxylic acids is 2. The molecule has 40 heavy (non-hydrogen) atoms. The lowest BCUT2D eigenvalue weighted by molar-refractivity contribution is -0.180. The van der Waals surface area contributed by atoms with Gasteiger partial charge in [-0.2, -0.15) is 0 Å². The van der Waals surface area contributed by atoms with E-state index in [9.17, 15) is 29.4 Å². The Morgan fingerprint density at radius 3 is 1.48 bits per heavy atom. The van der Waals surface area contributed by atoms with Crippen LogP contribution in [-0.2, 0) is 24.6 Å². The Bertz CT molecular complexity index is 1230.